The SMILES string of the molecule is CCC(CO)Cn1ccc(=O)cc1. The first-order valence-corrected chi connectivity index (χ1v) is 4.53. The van der Waals surface area contributed by atoms with Crippen LogP contribution in [0.3, 0.4) is 0 Å². The van der Waals surface area contributed by atoms with Gasteiger partial charge in [0.15, 0.2) is 5.43 Å². The van der Waals surface area contributed by atoms with Gasteiger partial charge in [0.05, 0.1) is 0 Å². The normalized spacial score (nSPS) is 12.8. The highest BCUT2D eigenvalue weighted by atomic mass is 16.3. The average Bonchev–Trinajstić information content (AvgIpc) is 2.17. The monoisotopic (exact) mass is 181 g/mol. The van der Waals surface area contributed by atoms with E-state index in [4.69, 9.17) is 5.11 Å². The second-order valence-electron chi connectivity index (χ2n) is 3.19. The fourth-order valence-electron chi connectivity index (χ4n) is 1.18. The fourth-order valence-corrected chi connectivity index (χ4v) is 1.18. The molecule has 1 unspecified atom stereocenters. The minimum Gasteiger partial charge on any atom is -0.396 e. The smallest absolute Gasteiger partial charge is 0.181 e. The Morgan fingerprint density at radius 1 is 1.46 bits per heavy atom. The van der Waals surface area contributed by atoms with Gasteiger partial charge in [0, 0.05) is 37.7 Å². The third-order valence-corrected chi connectivity index (χ3v) is 2.17. The molecule has 1 heterocycles. The van der Waals surface area contributed by atoms with Crippen LogP contribution < -0.4 is 5.43 Å². The zero-order valence-corrected chi connectivity index (χ0v) is 7.81. The Labute approximate surface area is 77.6 Å². The molecule has 1 aromatic rings. The van der Waals surface area contributed by atoms with Crippen molar-refractivity contribution < 1.29 is 5.11 Å². The van der Waals surface area contributed by atoms with E-state index in [1.165, 1.54) is 12.1 Å². The van der Waals surface area contributed by atoms with Crippen LogP contribution in [0.5, 0.6) is 0 Å². The molecule has 0 saturated carbocycles. The van der Waals surface area contributed by atoms with Gasteiger partial charge in [-0.3, -0.25) is 4.79 Å². The summed E-state index contributed by atoms with van der Waals surface area (Å²) in [5.41, 5.74) is 0.0216. The van der Waals surface area contributed by atoms with E-state index in [-0.39, 0.29) is 18.0 Å². The first-order valence-electron chi connectivity index (χ1n) is 4.53. The van der Waals surface area contributed by atoms with Gasteiger partial charge < -0.3 is 9.67 Å². The quantitative estimate of drug-likeness (QED) is 0.748. The summed E-state index contributed by atoms with van der Waals surface area (Å²) in [6, 6.07) is 3.06. The average molecular weight is 181 g/mol. The molecule has 3 heteroatoms. The van der Waals surface area contributed by atoms with Gasteiger partial charge in [-0.05, 0) is 12.3 Å². The van der Waals surface area contributed by atoms with E-state index in [2.05, 4.69) is 0 Å². The van der Waals surface area contributed by atoms with Gasteiger partial charge in [-0.2, -0.15) is 0 Å². The summed E-state index contributed by atoms with van der Waals surface area (Å²) in [6.07, 6.45) is 4.45. The minimum absolute atomic E-state index is 0.0216. The Hall–Kier alpha value is -1.09. The number of nitrogens with zero attached hydrogens (tertiary/aromatic N) is 1. The predicted molar refractivity (Wildman–Crippen MR) is 51.6 cm³/mol. The molecule has 0 radical (unpaired) electrons. The van der Waals surface area contributed by atoms with Crippen LogP contribution in [0.15, 0.2) is 29.3 Å². The van der Waals surface area contributed by atoms with Crippen molar-refractivity contribution in [3.8, 4) is 0 Å². The van der Waals surface area contributed by atoms with Crippen LogP contribution in [0.4, 0.5) is 0 Å². The van der Waals surface area contributed by atoms with Crippen LogP contribution in [-0.4, -0.2) is 16.3 Å². The Bertz CT molecular complexity index is 282. The molecule has 0 saturated heterocycles. The summed E-state index contributed by atoms with van der Waals surface area (Å²) in [5, 5.41) is 8.97. The molecule has 1 aromatic heterocycles. The van der Waals surface area contributed by atoms with E-state index in [9.17, 15) is 4.79 Å². The molecule has 3 nitrogen and oxygen atoms in total. The summed E-state index contributed by atoms with van der Waals surface area (Å²) >= 11 is 0. The van der Waals surface area contributed by atoms with Gasteiger partial charge in [0.25, 0.3) is 0 Å². The summed E-state index contributed by atoms with van der Waals surface area (Å²) in [5.74, 6) is 0.280. The van der Waals surface area contributed by atoms with E-state index in [0.717, 1.165) is 13.0 Å². The predicted octanol–water partition coefficient (Wildman–Crippen LogP) is 0.867. The van der Waals surface area contributed by atoms with Gasteiger partial charge in [0.2, 0.25) is 0 Å². The lowest BCUT2D eigenvalue weighted by Crippen LogP contribution is -2.14. The highest BCUT2D eigenvalue weighted by molar-refractivity contribution is 4.93. The summed E-state index contributed by atoms with van der Waals surface area (Å²) < 4.78 is 1.92. The second kappa shape index (κ2) is 4.82. The lowest BCUT2D eigenvalue weighted by atomic mass is 10.1. The van der Waals surface area contributed by atoms with Crippen molar-refractivity contribution in [3.63, 3.8) is 0 Å². The second-order valence-corrected chi connectivity index (χ2v) is 3.19. The molecule has 0 aliphatic rings. The molecule has 13 heavy (non-hydrogen) atoms. The number of pyridine rings is 1. The fraction of sp³-hybridized carbons (Fsp3) is 0.500. The van der Waals surface area contributed by atoms with E-state index < -0.39 is 0 Å². The number of hydrogen-bond donors (Lipinski definition) is 1. The lowest BCUT2D eigenvalue weighted by molar-refractivity contribution is 0.207. The molecular weight excluding hydrogens is 166 g/mol. The third-order valence-electron chi connectivity index (χ3n) is 2.17. The van der Waals surface area contributed by atoms with Crippen molar-refractivity contribution in [2.45, 2.75) is 19.9 Å². The van der Waals surface area contributed by atoms with Gasteiger partial charge in [0.1, 0.15) is 0 Å². The van der Waals surface area contributed by atoms with Gasteiger partial charge in [-0.1, -0.05) is 6.92 Å². The standard InChI is InChI=1S/C10H15NO2/c1-2-9(8-12)7-11-5-3-10(13)4-6-11/h3-6,9,12H,2,7-8H2,1H3. The maximum absolute atomic E-state index is 10.8. The molecule has 72 valence electrons. The number of aromatic nitrogens is 1. The molecule has 0 aliphatic heterocycles. The first-order chi connectivity index (χ1) is 6.26. The van der Waals surface area contributed by atoms with Crippen molar-refractivity contribution >= 4 is 0 Å². The van der Waals surface area contributed by atoms with E-state index in [0.29, 0.717) is 0 Å². The first kappa shape index (κ1) is 9.99. The van der Waals surface area contributed by atoms with E-state index in [1.54, 1.807) is 12.4 Å². The van der Waals surface area contributed by atoms with Crippen LogP contribution in [0, 0.1) is 5.92 Å². The van der Waals surface area contributed by atoms with Gasteiger partial charge >= 0.3 is 0 Å². The Balaban J connectivity index is 2.63. The zero-order valence-electron chi connectivity index (χ0n) is 7.81. The van der Waals surface area contributed by atoms with Crippen LogP contribution >= 0.6 is 0 Å². The van der Waals surface area contributed by atoms with Crippen molar-refractivity contribution in [2.24, 2.45) is 5.92 Å². The molecule has 0 aliphatic carbocycles. The van der Waals surface area contributed by atoms with Crippen molar-refractivity contribution in [1.82, 2.24) is 4.57 Å². The zero-order chi connectivity index (χ0) is 9.68. The largest absolute Gasteiger partial charge is 0.396 e. The summed E-state index contributed by atoms with van der Waals surface area (Å²) in [7, 11) is 0. The molecule has 1 rings (SSSR count). The maximum atomic E-state index is 10.8. The van der Waals surface area contributed by atoms with Crippen LogP contribution in [0.2, 0.25) is 0 Å². The van der Waals surface area contributed by atoms with Crippen molar-refractivity contribution in [2.75, 3.05) is 6.61 Å². The molecule has 0 spiro atoms. The summed E-state index contributed by atoms with van der Waals surface area (Å²) in [4.78, 5) is 10.8. The molecule has 0 amide bonds. The Morgan fingerprint density at radius 2 is 2.08 bits per heavy atom. The summed E-state index contributed by atoms with van der Waals surface area (Å²) in [6.45, 7) is 3.01. The van der Waals surface area contributed by atoms with Crippen molar-refractivity contribution in [3.05, 3.63) is 34.7 Å². The number of aliphatic hydroxyl groups excluding tert-OH is 1. The van der Waals surface area contributed by atoms with Gasteiger partial charge in [-0.15, -0.1) is 0 Å². The highest BCUT2D eigenvalue weighted by Gasteiger charge is 2.03. The molecule has 0 aromatic carbocycles. The Kier molecular flexibility index (Phi) is 3.71. The lowest BCUT2D eigenvalue weighted by Gasteiger charge is -2.13. The van der Waals surface area contributed by atoms with Crippen LogP contribution in [0.1, 0.15) is 13.3 Å². The van der Waals surface area contributed by atoms with Crippen molar-refractivity contribution in [1.29, 1.82) is 0 Å². The van der Waals surface area contributed by atoms with Crippen LogP contribution in [0.25, 0.3) is 0 Å². The topological polar surface area (TPSA) is 42.2 Å². The minimum atomic E-state index is 0.0216. The van der Waals surface area contributed by atoms with E-state index in [1.807, 2.05) is 11.5 Å². The maximum Gasteiger partial charge on any atom is 0.181 e. The molecular formula is C10H15NO2. The number of rotatable bonds is 4. The number of aliphatic hydroxyl groups is 1. The Morgan fingerprint density at radius 3 is 2.54 bits per heavy atom. The molecule has 0 fully saturated rings. The molecule has 0 bridgehead atoms. The van der Waals surface area contributed by atoms with Crippen LogP contribution in [-0.2, 0) is 6.54 Å². The van der Waals surface area contributed by atoms with Gasteiger partial charge in [-0.25, -0.2) is 0 Å². The number of hydrogen-bond acceptors (Lipinski definition) is 2. The molecule has 1 N–H and O–H groups in total. The van der Waals surface area contributed by atoms with E-state index >= 15 is 0 Å². The highest BCUT2D eigenvalue weighted by Crippen LogP contribution is 2.04. The molecule has 1 atom stereocenters. The third kappa shape index (κ3) is 3.03.